The summed E-state index contributed by atoms with van der Waals surface area (Å²) in [4.78, 5) is 26.9. The fourth-order valence-corrected chi connectivity index (χ4v) is 3.77. The van der Waals surface area contributed by atoms with E-state index in [1.165, 1.54) is 0 Å². The normalized spacial score (nSPS) is 15.6. The van der Waals surface area contributed by atoms with Gasteiger partial charge in [0.15, 0.2) is 6.10 Å². The highest BCUT2D eigenvalue weighted by Gasteiger charge is 2.30. The predicted octanol–water partition coefficient (Wildman–Crippen LogP) is 3.70. The number of anilines is 1. The maximum Gasteiger partial charge on any atom is 0.336 e. The summed E-state index contributed by atoms with van der Waals surface area (Å²) >= 11 is 0. The lowest BCUT2D eigenvalue weighted by molar-refractivity contribution is -0.127. The number of amides is 1. The number of nitrogens with one attached hydrogen (secondary N) is 1. The molecular weight excluding hydrogens is 380 g/mol. The Hall–Kier alpha value is -3.28. The summed E-state index contributed by atoms with van der Waals surface area (Å²) in [5.74, 6) is 0.542. The van der Waals surface area contributed by atoms with Gasteiger partial charge in [0, 0.05) is 24.5 Å². The summed E-state index contributed by atoms with van der Waals surface area (Å²) in [6.07, 6.45) is 0.255. The van der Waals surface area contributed by atoms with Crippen molar-refractivity contribution >= 4 is 22.6 Å². The van der Waals surface area contributed by atoms with Crippen molar-refractivity contribution in [2.24, 2.45) is 0 Å². The van der Waals surface area contributed by atoms with Crippen LogP contribution >= 0.6 is 0 Å². The lowest BCUT2D eigenvalue weighted by atomic mass is 10.0. The van der Waals surface area contributed by atoms with Crippen LogP contribution in [0.3, 0.4) is 0 Å². The van der Waals surface area contributed by atoms with Gasteiger partial charge in [-0.3, -0.25) is 4.79 Å². The summed E-state index contributed by atoms with van der Waals surface area (Å²) in [6.45, 7) is 7.55. The lowest BCUT2D eigenvalue weighted by Crippen LogP contribution is -2.49. The Labute approximate surface area is 175 Å². The van der Waals surface area contributed by atoms with Crippen molar-refractivity contribution in [2.75, 3.05) is 18.0 Å². The number of carbonyl (C=O) groups excluding carboxylic acids is 1. The van der Waals surface area contributed by atoms with Gasteiger partial charge in [-0.15, -0.1) is 0 Å². The van der Waals surface area contributed by atoms with Gasteiger partial charge in [-0.1, -0.05) is 19.1 Å². The van der Waals surface area contributed by atoms with E-state index in [1.807, 2.05) is 51.1 Å². The molecule has 1 amide bonds. The second-order valence-corrected chi connectivity index (χ2v) is 7.77. The van der Waals surface area contributed by atoms with Crippen molar-refractivity contribution < 1.29 is 13.9 Å². The van der Waals surface area contributed by atoms with Gasteiger partial charge in [-0.25, -0.2) is 4.79 Å². The third kappa shape index (κ3) is 3.90. The molecule has 30 heavy (non-hydrogen) atoms. The first kappa shape index (κ1) is 20.0. The molecule has 0 spiro atoms. The number of aryl methyl sites for hydroxylation is 2. The summed E-state index contributed by atoms with van der Waals surface area (Å²) < 4.78 is 11.4. The molecule has 2 aromatic carbocycles. The van der Waals surface area contributed by atoms with E-state index in [0.29, 0.717) is 31.0 Å². The van der Waals surface area contributed by atoms with E-state index in [-0.39, 0.29) is 11.5 Å². The molecule has 4 rings (SSSR count). The highest BCUT2D eigenvalue weighted by molar-refractivity contribution is 5.84. The zero-order valence-corrected chi connectivity index (χ0v) is 17.5. The van der Waals surface area contributed by atoms with Gasteiger partial charge >= 0.3 is 5.63 Å². The first-order chi connectivity index (χ1) is 14.5. The fourth-order valence-electron chi connectivity index (χ4n) is 3.77. The van der Waals surface area contributed by atoms with E-state index in [0.717, 1.165) is 34.2 Å². The van der Waals surface area contributed by atoms with Crippen LogP contribution in [0.1, 0.15) is 30.0 Å². The van der Waals surface area contributed by atoms with E-state index < -0.39 is 6.10 Å². The Morgan fingerprint density at radius 1 is 1.17 bits per heavy atom. The summed E-state index contributed by atoms with van der Waals surface area (Å²) in [5.41, 5.74) is 4.19. The highest BCUT2D eigenvalue weighted by Crippen LogP contribution is 2.35. The van der Waals surface area contributed by atoms with Gasteiger partial charge in [0.1, 0.15) is 11.3 Å². The first-order valence-electron chi connectivity index (χ1n) is 10.3. The molecule has 1 aliphatic rings. The van der Waals surface area contributed by atoms with Crippen LogP contribution in [0.4, 0.5) is 5.69 Å². The van der Waals surface area contributed by atoms with E-state index in [9.17, 15) is 9.59 Å². The topological polar surface area (TPSA) is 71.8 Å². The van der Waals surface area contributed by atoms with Gasteiger partial charge in [0.05, 0.1) is 12.2 Å². The van der Waals surface area contributed by atoms with E-state index in [4.69, 9.17) is 9.15 Å². The molecule has 156 valence electrons. The average molecular weight is 406 g/mol. The summed E-state index contributed by atoms with van der Waals surface area (Å²) in [5, 5.41) is 3.82. The number of hydrogen-bond acceptors (Lipinski definition) is 5. The second kappa shape index (κ2) is 8.22. The van der Waals surface area contributed by atoms with Gasteiger partial charge in [0.25, 0.3) is 5.91 Å². The van der Waals surface area contributed by atoms with Gasteiger partial charge in [0.2, 0.25) is 0 Å². The molecule has 0 fully saturated rings. The molecule has 1 N–H and O–H groups in total. The van der Waals surface area contributed by atoms with Crippen LogP contribution in [0.25, 0.3) is 11.0 Å². The number of hydrogen-bond donors (Lipinski definition) is 1. The smallest absolute Gasteiger partial charge is 0.336 e. The quantitative estimate of drug-likeness (QED) is 0.654. The molecule has 1 atom stereocenters. The van der Waals surface area contributed by atoms with Crippen molar-refractivity contribution in [1.82, 2.24) is 5.32 Å². The average Bonchev–Trinajstić information content (AvgIpc) is 2.73. The van der Waals surface area contributed by atoms with Crippen LogP contribution in [0.2, 0.25) is 0 Å². The van der Waals surface area contributed by atoms with Gasteiger partial charge < -0.3 is 19.4 Å². The standard InChI is InChI=1S/C24H26N2O4/c1-4-9-25-24(28)22-14-26(19-7-5-6-8-20(19)29-22)13-17-12-23(27)30-21-11-16(3)15(2)10-18(17)21/h5-8,10-12,22H,4,9,13-14H2,1-3H3,(H,25,28)/t22-/m1/s1. The SMILES string of the molecule is CCCNC(=O)[C@H]1CN(Cc2cc(=O)oc3cc(C)c(C)cc23)c2ccccc2O1. The largest absolute Gasteiger partial charge is 0.477 e. The van der Waals surface area contributed by atoms with Crippen molar-refractivity contribution in [1.29, 1.82) is 0 Å². The first-order valence-corrected chi connectivity index (χ1v) is 10.3. The number of ether oxygens (including phenoxy) is 1. The molecule has 0 bridgehead atoms. The molecule has 0 saturated carbocycles. The molecule has 2 heterocycles. The Kier molecular flexibility index (Phi) is 5.48. The predicted molar refractivity (Wildman–Crippen MR) is 117 cm³/mol. The Morgan fingerprint density at radius 2 is 1.93 bits per heavy atom. The Balaban J connectivity index is 1.72. The number of nitrogens with zero attached hydrogens (tertiary/aromatic N) is 1. The van der Waals surface area contributed by atoms with E-state index in [1.54, 1.807) is 6.07 Å². The van der Waals surface area contributed by atoms with Crippen LogP contribution in [0.5, 0.6) is 5.75 Å². The molecule has 1 aromatic heterocycles. The number of benzene rings is 2. The molecule has 0 unspecified atom stereocenters. The minimum atomic E-state index is -0.609. The number of rotatable bonds is 5. The van der Waals surface area contributed by atoms with Gasteiger partial charge in [-0.05, 0) is 61.2 Å². The van der Waals surface area contributed by atoms with Crippen LogP contribution in [-0.2, 0) is 11.3 Å². The molecule has 3 aromatic rings. The minimum Gasteiger partial charge on any atom is -0.477 e. The van der Waals surface area contributed by atoms with Crippen LogP contribution < -0.4 is 20.6 Å². The number of fused-ring (bicyclic) bond motifs is 2. The Bertz CT molecular complexity index is 1150. The number of carbonyl (C=O) groups is 1. The van der Waals surface area contributed by atoms with Crippen molar-refractivity contribution in [3.63, 3.8) is 0 Å². The molecular formula is C24H26N2O4. The van der Waals surface area contributed by atoms with E-state index >= 15 is 0 Å². The molecule has 6 nitrogen and oxygen atoms in total. The van der Waals surface area contributed by atoms with E-state index in [2.05, 4.69) is 16.3 Å². The molecule has 0 saturated heterocycles. The fraction of sp³-hybridized carbons (Fsp3) is 0.333. The lowest BCUT2D eigenvalue weighted by Gasteiger charge is -2.35. The van der Waals surface area contributed by atoms with Gasteiger partial charge in [-0.2, -0.15) is 0 Å². The summed E-state index contributed by atoms with van der Waals surface area (Å²) in [6, 6.07) is 13.2. The van der Waals surface area contributed by atoms with Crippen molar-refractivity contribution in [3.05, 3.63) is 69.6 Å². The van der Waals surface area contributed by atoms with Crippen LogP contribution in [0.15, 0.2) is 51.7 Å². The van der Waals surface area contributed by atoms with Crippen molar-refractivity contribution in [3.8, 4) is 5.75 Å². The third-order valence-electron chi connectivity index (χ3n) is 5.51. The van der Waals surface area contributed by atoms with Crippen molar-refractivity contribution in [2.45, 2.75) is 39.8 Å². The monoisotopic (exact) mass is 406 g/mol. The molecule has 6 heteroatoms. The Morgan fingerprint density at radius 3 is 2.73 bits per heavy atom. The second-order valence-electron chi connectivity index (χ2n) is 7.77. The van der Waals surface area contributed by atoms with Crippen LogP contribution in [-0.4, -0.2) is 25.1 Å². The maximum atomic E-state index is 12.6. The zero-order chi connectivity index (χ0) is 21.3. The van der Waals surface area contributed by atoms with Crippen LogP contribution in [0, 0.1) is 13.8 Å². The molecule has 0 aliphatic carbocycles. The third-order valence-corrected chi connectivity index (χ3v) is 5.51. The summed E-state index contributed by atoms with van der Waals surface area (Å²) in [7, 11) is 0. The molecule has 0 radical (unpaired) electrons. The molecule has 1 aliphatic heterocycles. The highest BCUT2D eigenvalue weighted by atomic mass is 16.5. The maximum absolute atomic E-state index is 12.6. The number of para-hydroxylation sites is 2. The zero-order valence-electron chi connectivity index (χ0n) is 17.5. The minimum absolute atomic E-state index is 0.125.